The van der Waals surface area contributed by atoms with Gasteiger partial charge in [-0.25, -0.2) is 8.42 Å². The number of rotatable bonds is 7. The van der Waals surface area contributed by atoms with Crippen LogP contribution in [0.5, 0.6) is 0 Å². The molecule has 2 aromatic carbocycles. The van der Waals surface area contributed by atoms with Gasteiger partial charge in [-0.15, -0.1) is 0 Å². The number of amides is 1. The summed E-state index contributed by atoms with van der Waals surface area (Å²) in [6.07, 6.45) is 7.86. The third kappa shape index (κ3) is 7.01. The predicted molar refractivity (Wildman–Crippen MR) is 145 cm³/mol. The number of carbonyl (C=O) groups excluding carboxylic acids is 1. The van der Waals surface area contributed by atoms with Gasteiger partial charge in [-0.2, -0.15) is 0 Å². The van der Waals surface area contributed by atoms with Gasteiger partial charge >= 0.3 is 0 Å². The number of anilines is 2. The largest absolute Gasteiger partial charge is 0.350 e. The highest BCUT2D eigenvalue weighted by atomic mass is 32.2. The van der Waals surface area contributed by atoms with Crippen LogP contribution in [0.15, 0.2) is 58.4 Å². The summed E-state index contributed by atoms with van der Waals surface area (Å²) >= 11 is 1.74. The molecule has 4 rings (SSSR count). The molecule has 1 amide bonds. The molecule has 1 unspecified atom stereocenters. The topological polar surface area (TPSA) is 90.9 Å². The van der Waals surface area contributed by atoms with E-state index in [0.29, 0.717) is 23.8 Å². The molecular formula is C26H34N4O3S2. The molecule has 188 valence electrons. The Hall–Kier alpha value is -2.52. The Kier molecular flexibility index (Phi) is 8.38. The third-order valence-corrected chi connectivity index (χ3v) is 9.15. The van der Waals surface area contributed by atoms with Crippen molar-refractivity contribution in [3.05, 3.63) is 54.1 Å². The van der Waals surface area contributed by atoms with Crippen molar-refractivity contribution in [2.24, 2.45) is 4.99 Å². The number of sulfonamides is 1. The Morgan fingerprint density at radius 3 is 2.29 bits per heavy atom. The fraction of sp³-hybridized carbons (Fsp3) is 0.462. The zero-order valence-electron chi connectivity index (χ0n) is 20.4. The molecule has 0 spiro atoms. The van der Waals surface area contributed by atoms with Crippen molar-refractivity contribution in [3.63, 3.8) is 0 Å². The maximum atomic E-state index is 12.7. The maximum Gasteiger partial charge on any atom is 0.261 e. The van der Waals surface area contributed by atoms with Crippen LogP contribution in [0.2, 0.25) is 0 Å². The zero-order chi connectivity index (χ0) is 24.8. The Balaban J connectivity index is 1.29. The van der Waals surface area contributed by atoms with Crippen LogP contribution in [-0.2, 0) is 14.8 Å². The molecule has 0 bridgehead atoms. The minimum absolute atomic E-state index is 0.0637. The summed E-state index contributed by atoms with van der Waals surface area (Å²) in [6, 6.07) is 13.9. The van der Waals surface area contributed by atoms with E-state index < -0.39 is 10.0 Å². The molecule has 1 atom stereocenters. The Labute approximate surface area is 212 Å². The molecule has 1 saturated carbocycles. The minimum atomic E-state index is -3.66. The quantitative estimate of drug-likeness (QED) is 0.493. The van der Waals surface area contributed by atoms with E-state index in [4.69, 9.17) is 4.99 Å². The van der Waals surface area contributed by atoms with Crippen molar-refractivity contribution < 1.29 is 13.2 Å². The molecule has 2 aromatic rings. The number of aliphatic imine (C=N–C) groups is 1. The van der Waals surface area contributed by atoms with Gasteiger partial charge in [0.1, 0.15) is 0 Å². The number of hydrogen-bond donors (Lipinski definition) is 2. The summed E-state index contributed by atoms with van der Waals surface area (Å²) in [5, 5.41) is 3.99. The van der Waals surface area contributed by atoms with Gasteiger partial charge in [0.2, 0.25) is 5.91 Å². The summed E-state index contributed by atoms with van der Waals surface area (Å²) in [4.78, 5) is 20.0. The first kappa shape index (κ1) is 25.6. The lowest BCUT2D eigenvalue weighted by Crippen LogP contribution is -2.34. The fourth-order valence-electron chi connectivity index (χ4n) is 4.39. The molecule has 1 aliphatic heterocycles. The third-order valence-electron chi connectivity index (χ3n) is 6.55. The van der Waals surface area contributed by atoms with E-state index >= 15 is 0 Å². The second-order valence-corrected chi connectivity index (χ2v) is 12.1. The molecule has 2 N–H and O–H groups in total. The number of amidine groups is 1. The van der Waals surface area contributed by atoms with Crippen molar-refractivity contribution in [1.29, 1.82) is 0 Å². The molecule has 35 heavy (non-hydrogen) atoms. The number of benzene rings is 2. The first-order valence-electron chi connectivity index (χ1n) is 12.2. The second kappa shape index (κ2) is 11.5. The Morgan fingerprint density at radius 1 is 1.00 bits per heavy atom. The van der Waals surface area contributed by atoms with Crippen molar-refractivity contribution in [1.82, 2.24) is 4.90 Å². The van der Waals surface area contributed by atoms with Gasteiger partial charge in [0.05, 0.1) is 10.9 Å². The van der Waals surface area contributed by atoms with E-state index in [1.807, 2.05) is 14.0 Å². The van der Waals surface area contributed by atoms with Crippen LogP contribution in [0.4, 0.5) is 11.4 Å². The predicted octanol–water partition coefficient (Wildman–Crippen LogP) is 5.25. The van der Waals surface area contributed by atoms with Crippen molar-refractivity contribution in [2.75, 3.05) is 22.8 Å². The minimum Gasteiger partial charge on any atom is -0.350 e. The summed E-state index contributed by atoms with van der Waals surface area (Å²) in [6.45, 7) is 1.91. The summed E-state index contributed by atoms with van der Waals surface area (Å²) in [5.74, 6) is 0.793. The molecule has 7 nitrogen and oxygen atoms in total. The van der Waals surface area contributed by atoms with Crippen LogP contribution in [0, 0.1) is 6.92 Å². The number of nitrogens with zero attached hydrogens (tertiary/aromatic N) is 2. The maximum absolute atomic E-state index is 12.7. The van der Waals surface area contributed by atoms with Crippen LogP contribution < -0.4 is 10.0 Å². The highest BCUT2D eigenvalue weighted by Gasteiger charge is 2.29. The van der Waals surface area contributed by atoms with Gasteiger partial charge in [0.25, 0.3) is 10.0 Å². The molecule has 1 aliphatic carbocycles. The molecule has 9 heteroatoms. The first-order valence-corrected chi connectivity index (χ1v) is 14.7. The van der Waals surface area contributed by atoms with Gasteiger partial charge in [0, 0.05) is 36.6 Å². The molecule has 2 fully saturated rings. The molecule has 1 heterocycles. The van der Waals surface area contributed by atoms with Crippen LogP contribution in [0.3, 0.4) is 0 Å². The van der Waals surface area contributed by atoms with E-state index in [1.54, 1.807) is 60.3 Å². The van der Waals surface area contributed by atoms with E-state index in [1.165, 1.54) is 38.5 Å². The van der Waals surface area contributed by atoms with Crippen molar-refractivity contribution in [3.8, 4) is 0 Å². The lowest BCUT2D eigenvalue weighted by Gasteiger charge is -2.21. The lowest BCUT2D eigenvalue weighted by atomic mass is 10.1. The number of thioether (sulfide) groups is 1. The first-order chi connectivity index (χ1) is 16.8. The standard InChI is InChI=1S/C26H34N4O3S2/c1-19-9-15-24(16-10-19)35(32,33)29-22-13-11-21(12-14-22)27-25(31)17-23-18-34-26(30(23)2)28-20-7-5-3-4-6-8-20/h9-16,20,23,29H,3-8,17-18H2,1-2H3,(H,27,31). The van der Waals surface area contributed by atoms with Crippen LogP contribution in [0.25, 0.3) is 0 Å². The monoisotopic (exact) mass is 514 g/mol. The molecular weight excluding hydrogens is 480 g/mol. The SMILES string of the molecule is Cc1ccc(S(=O)(=O)Nc2ccc(NC(=O)CC3CSC(=NC4CCCCCC4)N3C)cc2)cc1. The van der Waals surface area contributed by atoms with E-state index in [-0.39, 0.29) is 16.8 Å². The van der Waals surface area contributed by atoms with E-state index in [2.05, 4.69) is 14.9 Å². The van der Waals surface area contributed by atoms with Gasteiger partial charge in [-0.3, -0.25) is 14.5 Å². The molecule has 2 aliphatic rings. The average Bonchev–Trinajstić information content (AvgIpc) is 3.01. The highest BCUT2D eigenvalue weighted by Crippen LogP contribution is 2.28. The summed E-state index contributed by atoms with van der Waals surface area (Å²) in [5.41, 5.74) is 2.07. The summed E-state index contributed by atoms with van der Waals surface area (Å²) < 4.78 is 27.7. The number of carbonyl (C=O) groups is 1. The Bertz CT molecular complexity index is 1140. The smallest absolute Gasteiger partial charge is 0.261 e. The second-order valence-electron chi connectivity index (χ2n) is 9.38. The fourth-order valence-corrected chi connectivity index (χ4v) is 6.70. The van der Waals surface area contributed by atoms with Crippen LogP contribution >= 0.6 is 11.8 Å². The van der Waals surface area contributed by atoms with Gasteiger partial charge in [-0.05, 0) is 56.2 Å². The van der Waals surface area contributed by atoms with E-state index in [0.717, 1.165) is 16.5 Å². The summed E-state index contributed by atoms with van der Waals surface area (Å²) in [7, 11) is -1.63. The van der Waals surface area contributed by atoms with Crippen LogP contribution in [0.1, 0.15) is 50.5 Å². The number of hydrogen-bond acceptors (Lipinski definition) is 5. The Morgan fingerprint density at radius 2 is 1.63 bits per heavy atom. The normalized spacial score (nSPS) is 20.6. The van der Waals surface area contributed by atoms with Crippen LogP contribution in [-0.4, -0.2) is 49.3 Å². The molecule has 0 radical (unpaired) electrons. The number of nitrogens with one attached hydrogen (secondary N) is 2. The van der Waals surface area contributed by atoms with Gasteiger partial charge < -0.3 is 10.2 Å². The zero-order valence-corrected chi connectivity index (χ0v) is 22.0. The molecule has 0 aromatic heterocycles. The average molecular weight is 515 g/mol. The van der Waals surface area contributed by atoms with Gasteiger partial charge in [0.15, 0.2) is 5.17 Å². The lowest BCUT2D eigenvalue weighted by molar-refractivity contribution is -0.116. The van der Waals surface area contributed by atoms with Gasteiger partial charge in [-0.1, -0.05) is 55.1 Å². The molecule has 1 saturated heterocycles. The van der Waals surface area contributed by atoms with E-state index in [9.17, 15) is 13.2 Å². The number of aryl methyl sites for hydroxylation is 1. The highest BCUT2D eigenvalue weighted by molar-refractivity contribution is 8.14. The van der Waals surface area contributed by atoms with Crippen molar-refractivity contribution >= 4 is 44.2 Å². The van der Waals surface area contributed by atoms with Crippen molar-refractivity contribution in [2.45, 2.75) is 68.8 Å².